The molecule has 176 valence electrons. The molecule has 0 unspecified atom stereocenters. The highest BCUT2D eigenvalue weighted by Gasteiger charge is 2.26. The number of pyridine rings is 2. The normalized spacial score (nSPS) is 16.2. The summed E-state index contributed by atoms with van der Waals surface area (Å²) in [5, 5.41) is 9.51. The van der Waals surface area contributed by atoms with E-state index in [0.29, 0.717) is 29.9 Å². The molecular weight excluding hydrogens is 454 g/mol. The minimum atomic E-state index is -2.97. The Kier molecular flexibility index (Phi) is 5.43. The predicted octanol–water partition coefficient (Wildman–Crippen LogP) is 1.75. The summed E-state index contributed by atoms with van der Waals surface area (Å²) in [6.45, 7) is 0. The molecule has 0 atom stereocenters. The zero-order valence-corrected chi connectivity index (χ0v) is 19.8. The number of fused-ring (bicyclic) bond motifs is 1. The lowest BCUT2D eigenvalue weighted by molar-refractivity contribution is -0.117. The van der Waals surface area contributed by atoms with Crippen LogP contribution in [0.2, 0.25) is 0 Å². The van der Waals surface area contributed by atoms with E-state index < -0.39 is 15.7 Å². The molecule has 1 amide bonds. The molecule has 1 fully saturated rings. The number of primary amides is 1. The first-order valence-corrected chi connectivity index (χ1v) is 12.8. The Morgan fingerprint density at radius 3 is 2.50 bits per heavy atom. The number of hydrogen-bond donors (Lipinski definition) is 1. The first kappa shape index (κ1) is 22.2. The fourth-order valence-corrected chi connectivity index (χ4v) is 6.03. The van der Waals surface area contributed by atoms with Gasteiger partial charge in [-0.2, -0.15) is 15.0 Å². The van der Waals surface area contributed by atoms with Crippen LogP contribution in [-0.4, -0.2) is 55.4 Å². The summed E-state index contributed by atoms with van der Waals surface area (Å²) in [6, 6.07) is 5.89. The number of aryl methyl sites for hydroxylation is 2. The zero-order valence-electron chi connectivity index (χ0n) is 19.0. The average Bonchev–Trinajstić information content (AvgIpc) is 3.36. The third kappa shape index (κ3) is 4.30. The minimum absolute atomic E-state index is 0.0547. The average molecular weight is 480 g/mol. The van der Waals surface area contributed by atoms with Crippen molar-refractivity contribution in [2.45, 2.75) is 25.2 Å². The van der Waals surface area contributed by atoms with Crippen molar-refractivity contribution in [3.8, 4) is 22.6 Å². The molecule has 1 aliphatic rings. The molecule has 5 rings (SSSR count). The number of carbonyl (C=O) groups excluding carboxylic acids is 1. The summed E-state index contributed by atoms with van der Waals surface area (Å²) in [7, 11) is 0.705. The second-order valence-electron chi connectivity index (χ2n) is 8.81. The van der Waals surface area contributed by atoms with E-state index in [2.05, 4.69) is 15.2 Å². The van der Waals surface area contributed by atoms with Crippen LogP contribution in [0.4, 0.5) is 0 Å². The van der Waals surface area contributed by atoms with Gasteiger partial charge in [-0.05, 0) is 42.5 Å². The van der Waals surface area contributed by atoms with Gasteiger partial charge in [0.2, 0.25) is 5.91 Å². The number of hydrogen-bond acceptors (Lipinski definition) is 7. The van der Waals surface area contributed by atoms with E-state index in [1.165, 1.54) is 4.80 Å². The van der Waals surface area contributed by atoms with E-state index in [1.54, 1.807) is 19.4 Å². The van der Waals surface area contributed by atoms with Crippen LogP contribution in [0.15, 0.2) is 36.8 Å². The van der Waals surface area contributed by atoms with Crippen LogP contribution >= 0.6 is 0 Å². The van der Waals surface area contributed by atoms with Gasteiger partial charge in [0.05, 0.1) is 52.9 Å². The molecule has 11 heteroatoms. The molecule has 0 aromatic carbocycles. The SMILES string of the molecule is Cn1ncc(-c2cc(C3CCS(=O)(=O)CC3)cc(-c3cn(C)c4cnc(CC(N)=O)cc34)n2)n1. The first-order chi connectivity index (χ1) is 16.2. The van der Waals surface area contributed by atoms with Gasteiger partial charge in [0.25, 0.3) is 0 Å². The van der Waals surface area contributed by atoms with Crippen molar-refractivity contribution in [2.24, 2.45) is 19.8 Å². The Morgan fingerprint density at radius 2 is 1.82 bits per heavy atom. The van der Waals surface area contributed by atoms with Crippen molar-refractivity contribution in [1.29, 1.82) is 0 Å². The van der Waals surface area contributed by atoms with Crippen LogP contribution in [0.25, 0.3) is 33.5 Å². The van der Waals surface area contributed by atoms with Crippen LogP contribution in [0.5, 0.6) is 0 Å². The monoisotopic (exact) mass is 479 g/mol. The molecule has 1 saturated heterocycles. The largest absolute Gasteiger partial charge is 0.369 e. The van der Waals surface area contributed by atoms with Crippen molar-refractivity contribution >= 4 is 26.6 Å². The standard InChI is InChI=1S/C23H25N7O3S/c1-29-13-18(17-9-16(10-23(24)31)25-12-22(17)29)19-7-15(14-3-5-34(32,33)6-4-14)8-20(27-19)21-11-26-30(2)28-21/h7-9,11-14H,3-6,10H2,1-2H3,(H2,24,31). The Bertz CT molecular complexity index is 1510. The van der Waals surface area contributed by atoms with Gasteiger partial charge in [0.15, 0.2) is 0 Å². The summed E-state index contributed by atoms with van der Waals surface area (Å²) in [5.41, 5.74) is 10.9. The minimum Gasteiger partial charge on any atom is -0.369 e. The van der Waals surface area contributed by atoms with Crippen LogP contribution in [0, 0.1) is 0 Å². The number of nitrogens with two attached hydrogens (primary N) is 1. The number of aromatic nitrogens is 6. The van der Waals surface area contributed by atoms with E-state index in [1.807, 2.05) is 36.0 Å². The lowest BCUT2D eigenvalue weighted by atomic mass is 9.92. The molecule has 0 aliphatic carbocycles. The second kappa shape index (κ2) is 8.32. The van der Waals surface area contributed by atoms with Crippen molar-refractivity contribution in [3.05, 3.63) is 48.0 Å². The third-order valence-electron chi connectivity index (χ3n) is 6.30. The molecule has 0 bridgehead atoms. The van der Waals surface area contributed by atoms with Gasteiger partial charge >= 0.3 is 0 Å². The summed E-state index contributed by atoms with van der Waals surface area (Å²) < 4.78 is 25.9. The number of carbonyl (C=O) groups is 1. The number of nitrogens with zero attached hydrogens (tertiary/aromatic N) is 6. The highest BCUT2D eigenvalue weighted by molar-refractivity contribution is 7.91. The summed E-state index contributed by atoms with van der Waals surface area (Å²) >= 11 is 0. The van der Waals surface area contributed by atoms with E-state index >= 15 is 0 Å². The first-order valence-electron chi connectivity index (χ1n) is 11.0. The van der Waals surface area contributed by atoms with Gasteiger partial charge in [0, 0.05) is 31.2 Å². The third-order valence-corrected chi connectivity index (χ3v) is 8.01. The van der Waals surface area contributed by atoms with Crippen LogP contribution < -0.4 is 5.73 Å². The maximum atomic E-state index is 12.0. The molecular formula is C23H25N7O3S. The van der Waals surface area contributed by atoms with Gasteiger partial charge in [-0.3, -0.25) is 9.78 Å². The van der Waals surface area contributed by atoms with Crippen molar-refractivity contribution in [2.75, 3.05) is 11.5 Å². The smallest absolute Gasteiger partial charge is 0.223 e. The molecule has 1 aliphatic heterocycles. The van der Waals surface area contributed by atoms with Crippen molar-refractivity contribution in [1.82, 2.24) is 29.5 Å². The second-order valence-corrected chi connectivity index (χ2v) is 11.1. The number of rotatable bonds is 5. The van der Waals surface area contributed by atoms with Crippen LogP contribution in [-0.2, 0) is 35.1 Å². The topological polar surface area (TPSA) is 139 Å². The number of sulfone groups is 1. The molecule has 4 aromatic rings. The van der Waals surface area contributed by atoms with E-state index in [4.69, 9.17) is 10.7 Å². The molecule has 34 heavy (non-hydrogen) atoms. The van der Waals surface area contributed by atoms with Gasteiger partial charge < -0.3 is 10.3 Å². The molecule has 0 spiro atoms. The number of amides is 1. The molecule has 10 nitrogen and oxygen atoms in total. The zero-order chi connectivity index (χ0) is 24.0. The Morgan fingerprint density at radius 1 is 1.09 bits per heavy atom. The quantitative estimate of drug-likeness (QED) is 0.460. The van der Waals surface area contributed by atoms with E-state index in [9.17, 15) is 13.2 Å². The lowest BCUT2D eigenvalue weighted by Crippen LogP contribution is -2.22. The predicted molar refractivity (Wildman–Crippen MR) is 127 cm³/mol. The maximum Gasteiger partial charge on any atom is 0.223 e. The summed E-state index contributed by atoms with van der Waals surface area (Å²) in [6.07, 6.45) is 6.59. The van der Waals surface area contributed by atoms with Crippen LogP contribution in [0.3, 0.4) is 0 Å². The Balaban J connectivity index is 1.66. The lowest BCUT2D eigenvalue weighted by Gasteiger charge is -2.23. The molecule has 5 heterocycles. The fourth-order valence-electron chi connectivity index (χ4n) is 4.54. The fraction of sp³-hybridized carbons (Fsp3) is 0.348. The van der Waals surface area contributed by atoms with E-state index in [0.717, 1.165) is 27.7 Å². The van der Waals surface area contributed by atoms with Gasteiger partial charge in [-0.15, -0.1) is 0 Å². The highest BCUT2D eigenvalue weighted by Crippen LogP contribution is 2.36. The van der Waals surface area contributed by atoms with Gasteiger partial charge in [-0.25, -0.2) is 13.4 Å². The highest BCUT2D eigenvalue weighted by atomic mass is 32.2. The molecule has 2 N–H and O–H groups in total. The summed E-state index contributed by atoms with van der Waals surface area (Å²) in [4.78, 5) is 22.2. The summed E-state index contributed by atoms with van der Waals surface area (Å²) in [5.74, 6) is 0.0442. The Labute approximate surface area is 196 Å². The molecule has 0 saturated carbocycles. The van der Waals surface area contributed by atoms with Crippen molar-refractivity contribution in [3.63, 3.8) is 0 Å². The van der Waals surface area contributed by atoms with E-state index in [-0.39, 0.29) is 23.8 Å². The van der Waals surface area contributed by atoms with Gasteiger partial charge in [0.1, 0.15) is 15.5 Å². The molecule has 4 aromatic heterocycles. The van der Waals surface area contributed by atoms with Gasteiger partial charge in [-0.1, -0.05) is 0 Å². The molecule has 0 radical (unpaired) electrons. The Hall–Kier alpha value is -3.60. The van der Waals surface area contributed by atoms with Crippen molar-refractivity contribution < 1.29 is 13.2 Å². The maximum absolute atomic E-state index is 12.0. The van der Waals surface area contributed by atoms with Crippen LogP contribution in [0.1, 0.15) is 30.0 Å².